The lowest BCUT2D eigenvalue weighted by Gasteiger charge is -2.19. The van der Waals surface area contributed by atoms with E-state index in [-0.39, 0.29) is 6.04 Å². The zero-order valence-electron chi connectivity index (χ0n) is 11.7. The van der Waals surface area contributed by atoms with E-state index in [9.17, 15) is 0 Å². The van der Waals surface area contributed by atoms with Crippen molar-refractivity contribution in [1.82, 2.24) is 10.4 Å². The van der Waals surface area contributed by atoms with Crippen LogP contribution < -0.4 is 11.3 Å². The smallest absolute Gasteiger partial charge is 0.0727 e. The molecule has 106 valence electrons. The molecule has 1 aromatic heterocycles. The minimum Gasteiger partial charge on any atom is -0.271 e. The first-order valence-corrected chi connectivity index (χ1v) is 7.13. The summed E-state index contributed by atoms with van der Waals surface area (Å²) in [6, 6.07) is 15.9. The molecule has 0 bridgehead atoms. The number of fused-ring (bicyclic) bond motifs is 1. The maximum atomic E-state index is 6.02. The minimum atomic E-state index is -0.112. The molecule has 0 aliphatic rings. The predicted molar refractivity (Wildman–Crippen MR) is 87.1 cm³/mol. The average molecular weight is 298 g/mol. The molecule has 2 aromatic carbocycles. The van der Waals surface area contributed by atoms with E-state index in [1.165, 1.54) is 0 Å². The van der Waals surface area contributed by atoms with E-state index in [2.05, 4.69) is 16.5 Å². The fourth-order valence-electron chi connectivity index (χ4n) is 2.57. The van der Waals surface area contributed by atoms with Gasteiger partial charge in [0.05, 0.1) is 11.6 Å². The highest BCUT2D eigenvalue weighted by molar-refractivity contribution is 6.30. The number of hydrogen-bond acceptors (Lipinski definition) is 3. The zero-order chi connectivity index (χ0) is 14.8. The van der Waals surface area contributed by atoms with Crippen molar-refractivity contribution in [2.24, 2.45) is 5.84 Å². The number of rotatable bonds is 3. The van der Waals surface area contributed by atoms with Gasteiger partial charge in [-0.15, -0.1) is 0 Å². The normalized spacial score (nSPS) is 12.5. The molecule has 1 heterocycles. The van der Waals surface area contributed by atoms with Gasteiger partial charge in [-0.1, -0.05) is 35.9 Å². The maximum absolute atomic E-state index is 6.02. The number of nitrogens with one attached hydrogen (secondary N) is 1. The Morgan fingerprint density at radius 2 is 1.95 bits per heavy atom. The first kappa shape index (κ1) is 14.0. The van der Waals surface area contributed by atoms with Gasteiger partial charge >= 0.3 is 0 Å². The second-order valence-electron chi connectivity index (χ2n) is 5.06. The van der Waals surface area contributed by atoms with Crippen molar-refractivity contribution in [3.05, 3.63) is 76.4 Å². The molecule has 0 fully saturated rings. The third kappa shape index (κ3) is 2.76. The zero-order valence-corrected chi connectivity index (χ0v) is 12.4. The Kier molecular flexibility index (Phi) is 3.88. The van der Waals surface area contributed by atoms with E-state index in [4.69, 9.17) is 17.4 Å². The maximum Gasteiger partial charge on any atom is 0.0727 e. The van der Waals surface area contributed by atoms with Gasteiger partial charge in [0.1, 0.15) is 0 Å². The SMILES string of the molecule is Cc1cc(Cl)ccc1C(NN)c1cnc2ccccc2c1. The standard InChI is InChI=1S/C17H16ClN3/c1-11-8-14(18)6-7-15(11)17(21-19)13-9-12-4-2-3-5-16(12)20-10-13/h2-10,17,21H,19H2,1H3. The van der Waals surface area contributed by atoms with Crippen LogP contribution in [0.5, 0.6) is 0 Å². The molecular formula is C17H16ClN3. The number of nitrogens with zero attached hydrogens (tertiary/aromatic N) is 1. The lowest BCUT2D eigenvalue weighted by molar-refractivity contribution is 0.632. The Morgan fingerprint density at radius 1 is 1.14 bits per heavy atom. The van der Waals surface area contributed by atoms with Crippen LogP contribution in [-0.2, 0) is 0 Å². The molecule has 0 saturated carbocycles. The lowest BCUT2D eigenvalue weighted by Crippen LogP contribution is -2.29. The van der Waals surface area contributed by atoms with E-state index in [1.807, 2.05) is 55.6 Å². The summed E-state index contributed by atoms with van der Waals surface area (Å²) in [7, 11) is 0. The quantitative estimate of drug-likeness (QED) is 0.572. The summed E-state index contributed by atoms with van der Waals surface area (Å²) in [4.78, 5) is 4.50. The van der Waals surface area contributed by atoms with E-state index in [0.29, 0.717) is 0 Å². The Hall–Kier alpha value is -1.94. The number of para-hydroxylation sites is 1. The number of aromatic nitrogens is 1. The topological polar surface area (TPSA) is 50.9 Å². The van der Waals surface area contributed by atoms with Crippen LogP contribution in [-0.4, -0.2) is 4.98 Å². The van der Waals surface area contributed by atoms with E-state index >= 15 is 0 Å². The highest BCUT2D eigenvalue weighted by Gasteiger charge is 2.15. The van der Waals surface area contributed by atoms with Crippen LogP contribution in [0.3, 0.4) is 0 Å². The molecule has 1 atom stereocenters. The molecule has 3 nitrogen and oxygen atoms in total. The Balaban J connectivity index is 2.09. The van der Waals surface area contributed by atoms with Crippen molar-refractivity contribution in [3.8, 4) is 0 Å². The van der Waals surface area contributed by atoms with Crippen LogP contribution in [0.25, 0.3) is 10.9 Å². The molecule has 0 radical (unpaired) electrons. The van der Waals surface area contributed by atoms with Crippen molar-refractivity contribution in [2.45, 2.75) is 13.0 Å². The van der Waals surface area contributed by atoms with Gasteiger partial charge in [-0.3, -0.25) is 10.8 Å². The Bertz CT molecular complexity index is 786. The van der Waals surface area contributed by atoms with Crippen LogP contribution in [0.2, 0.25) is 5.02 Å². The Labute approximate surface area is 128 Å². The van der Waals surface area contributed by atoms with Crippen LogP contribution in [0.1, 0.15) is 22.7 Å². The predicted octanol–water partition coefficient (Wildman–Crippen LogP) is 3.75. The molecule has 0 aliphatic carbocycles. The van der Waals surface area contributed by atoms with Gasteiger partial charge in [-0.25, -0.2) is 5.43 Å². The summed E-state index contributed by atoms with van der Waals surface area (Å²) in [5.74, 6) is 5.78. The summed E-state index contributed by atoms with van der Waals surface area (Å²) in [5, 5.41) is 1.82. The average Bonchev–Trinajstić information content (AvgIpc) is 2.50. The molecule has 3 aromatic rings. The fourth-order valence-corrected chi connectivity index (χ4v) is 2.80. The summed E-state index contributed by atoms with van der Waals surface area (Å²) >= 11 is 6.02. The largest absolute Gasteiger partial charge is 0.271 e. The van der Waals surface area contributed by atoms with Gasteiger partial charge < -0.3 is 0 Å². The van der Waals surface area contributed by atoms with Crippen LogP contribution in [0.15, 0.2) is 54.7 Å². The second-order valence-corrected chi connectivity index (χ2v) is 5.50. The third-order valence-corrected chi connectivity index (χ3v) is 3.89. The molecule has 0 spiro atoms. The van der Waals surface area contributed by atoms with Crippen LogP contribution in [0.4, 0.5) is 0 Å². The van der Waals surface area contributed by atoms with Gasteiger partial charge in [0.2, 0.25) is 0 Å². The molecule has 0 amide bonds. The van der Waals surface area contributed by atoms with Crippen molar-refractivity contribution in [1.29, 1.82) is 0 Å². The summed E-state index contributed by atoms with van der Waals surface area (Å²) in [5.41, 5.74) is 7.07. The summed E-state index contributed by atoms with van der Waals surface area (Å²) in [6.45, 7) is 2.03. The van der Waals surface area contributed by atoms with Crippen LogP contribution in [0, 0.1) is 6.92 Å². The molecule has 0 aliphatic heterocycles. The van der Waals surface area contributed by atoms with Gasteiger partial charge in [-0.2, -0.15) is 0 Å². The number of halogens is 1. The molecule has 4 heteroatoms. The molecule has 3 rings (SSSR count). The van der Waals surface area contributed by atoms with Crippen molar-refractivity contribution in [2.75, 3.05) is 0 Å². The van der Waals surface area contributed by atoms with Gasteiger partial charge in [0.15, 0.2) is 0 Å². The Morgan fingerprint density at radius 3 is 2.71 bits per heavy atom. The number of pyridine rings is 1. The number of hydrogen-bond donors (Lipinski definition) is 2. The fraction of sp³-hybridized carbons (Fsp3) is 0.118. The van der Waals surface area contributed by atoms with Gasteiger partial charge in [-0.05, 0) is 47.9 Å². The van der Waals surface area contributed by atoms with Crippen molar-refractivity contribution >= 4 is 22.5 Å². The molecule has 3 N–H and O–H groups in total. The monoisotopic (exact) mass is 297 g/mol. The molecule has 1 unspecified atom stereocenters. The molecule has 0 saturated heterocycles. The first-order chi connectivity index (χ1) is 10.2. The summed E-state index contributed by atoms with van der Waals surface area (Å²) in [6.07, 6.45) is 1.86. The molecular weight excluding hydrogens is 282 g/mol. The highest BCUT2D eigenvalue weighted by Crippen LogP contribution is 2.27. The number of hydrazine groups is 1. The van der Waals surface area contributed by atoms with Gasteiger partial charge in [0.25, 0.3) is 0 Å². The third-order valence-electron chi connectivity index (χ3n) is 3.65. The minimum absolute atomic E-state index is 0.112. The first-order valence-electron chi connectivity index (χ1n) is 6.76. The van der Waals surface area contributed by atoms with Crippen molar-refractivity contribution < 1.29 is 0 Å². The van der Waals surface area contributed by atoms with Crippen LogP contribution >= 0.6 is 11.6 Å². The lowest BCUT2D eigenvalue weighted by atomic mass is 9.96. The highest BCUT2D eigenvalue weighted by atomic mass is 35.5. The second kappa shape index (κ2) is 5.82. The number of aryl methyl sites for hydroxylation is 1. The van der Waals surface area contributed by atoms with E-state index in [0.717, 1.165) is 32.6 Å². The number of benzene rings is 2. The number of nitrogens with two attached hydrogens (primary N) is 1. The van der Waals surface area contributed by atoms with Gasteiger partial charge in [0, 0.05) is 16.6 Å². The summed E-state index contributed by atoms with van der Waals surface area (Å²) < 4.78 is 0. The van der Waals surface area contributed by atoms with Crippen molar-refractivity contribution in [3.63, 3.8) is 0 Å². The van der Waals surface area contributed by atoms with E-state index in [1.54, 1.807) is 0 Å². The molecule has 21 heavy (non-hydrogen) atoms. The van der Waals surface area contributed by atoms with E-state index < -0.39 is 0 Å².